The Morgan fingerprint density at radius 3 is 2.55 bits per heavy atom. The van der Waals surface area contributed by atoms with Crippen LogP contribution in [0.5, 0.6) is 0 Å². The molecule has 0 fully saturated rings. The molecule has 57 valence electrons. The Labute approximate surface area is 66.5 Å². The first-order chi connectivity index (χ1) is 5.34. The largest absolute Gasteiger partial charge is 0.392 e. The quantitative estimate of drug-likeness (QED) is 0.465. The van der Waals surface area contributed by atoms with Crippen LogP contribution in [0.15, 0.2) is 35.5 Å². The third-order valence-corrected chi connectivity index (χ3v) is 1.39. The maximum atomic E-state index is 4.40. The van der Waals surface area contributed by atoms with Gasteiger partial charge in [0.15, 0.2) is 7.11 Å². The van der Waals surface area contributed by atoms with Gasteiger partial charge in [0.1, 0.15) is 0 Å². The van der Waals surface area contributed by atoms with Crippen LogP contribution in [0.2, 0.25) is 0 Å². The Hall–Kier alpha value is -1.31. The van der Waals surface area contributed by atoms with Crippen LogP contribution >= 0.6 is 0 Å². The molecule has 2 nitrogen and oxygen atoms in total. The Bertz CT molecular complexity index is 241. The Morgan fingerprint density at radius 1 is 1.36 bits per heavy atom. The van der Waals surface area contributed by atoms with Crippen molar-refractivity contribution in [3.05, 3.63) is 43.0 Å². The smallest absolute Gasteiger partial charge is 0.153 e. The predicted molar refractivity (Wildman–Crippen MR) is 45.1 cm³/mol. The molecule has 0 amide bonds. The Morgan fingerprint density at radius 2 is 2.00 bits per heavy atom. The van der Waals surface area contributed by atoms with Crippen molar-refractivity contribution in [3.63, 3.8) is 0 Å². The molecule has 0 N–H and O–H groups in total. The van der Waals surface area contributed by atoms with Crippen LogP contribution in [0.25, 0.3) is 0 Å². The molecular formula is C9H10NO. The van der Waals surface area contributed by atoms with E-state index in [4.69, 9.17) is 0 Å². The predicted octanol–water partition coefficient (Wildman–Crippen LogP) is 2.22. The van der Waals surface area contributed by atoms with Crippen LogP contribution in [-0.2, 0) is 4.84 Å². The van der Waals surface area contributed by atoms with Gasteiger partial charge in [-0.05, 0) is 12.5 Å². The lowest BCUT2D eigenvalue weighted by Crippen LogP contribution is -1.93. The van der Waals surface area contributed by atoms with Crippen molar-refractivity contribution in [2.75, 3.05) is 0 Å². The van der Waals surface area contributed by atoms with E-state index in [-0.39, 0.29) is 0 Å². The van der Waals surface area contributed by atoms with Gasteiger partial charge in [0.2, 0.25) is 0 Å². The van der Waals surface area contributed by atoms with Crippen LogP contribution in [0.3, 0.4) is 0 Å². The van der Waals surface area contributed by atoms with Crippen molar-refractivity contribution in [3.8, 4) is 0 Å². The van der Waals surface area contributed by atoms with Crippen molar-refractivity contribution >= 4 is 5.71 Å². The molecule has 0 spiro atoms. The Kier molecular flexibility index (Phi) is 2.66. The van der Waals surface area contributed by atoms with E-state index in [1.807, 2.05) is 37.3 Å². The van der Waals surface area contributed by atoms with Gasteiger partial charge in [-0.15, -0.1) is 0 Å². The van der Waals surface area contributed by atoms with Gasteiger partial charge in [0, 0.05) is 0 Å². The number of oxime groups is 1. The average molecular weight is 148 g/mol. The standard InChI is InChI=1S/C9H10NO/c1-8(10-11-2)9-6-4-3-5-7-9/h3-7H,2H2,1H3/b10-8-. The first-order valence-corrected chi connectivity index (χ1v) is 3.36. The van der Waals surface area contributed by atoms with Crippen LogP contribution in [0.1, 0.15) is 12.5 Å². The maximum Gasteiger partial charge on any atom is 0.153 e. The zero-order chi connectivity index (χ0) is 8.10. The van der Waals surface area contributed by atoms with Crippen molar-refractivity contribution in [2.45, 2.75) is 6.92 Å². The molecule has 0 bridgehead atoms. The van der Waals surface area contributed by atoms with Crippen LogP contribution in [0.4, 0.5) is 0 Å². The molecule has 1 rings (SSSR count). The lowest BCUT2D eigenvalue weighted by molar-refractivity contribution is 0.260. The minimum absolute atomic E-state index is 0.834. The highest BCUT2D eigenvalue weighted by molar-refractivity contribution is 5.98. The molecule has 0 aromatic heterocycles. The summed E-state index contributed by atoms with van der Waals surface area (Å²) in [6.45, 7) is 1.88. The van der Waals surface area contributed by atoms with Gasteiger partial charge < -0.3 is 4.84 Å². The molecule has 0 heterocycles. The number of hydrogen-bond donors (Lipinski definition) is 0. The highest BCUT2D eigenvalue weighted by atomic mass is 16.6. The van der Waals surface area contributed by atoms with Crippen LogP contribution in [-0.4, -0.2) is 5.71 Å². The second-order valence-corrected chi connectivity index (χ2v) is 2.17. The number of rotatable bonds is 2. The zero-order valence-corrected chi connectivity index (χ0v) is 6.45. The summed E-state index contributed by atoms with van der Waals surface area (Å²) in [7, 11) is 3.16. The van der Waals surface area contributed by atoms with Gasteiger partial charge in [-0.2, -0.15) is 0 Å². The zero-order valence-electron chi connectivity index (χ0n) is 6.45. The molecule has 0 aliphatic carbocycles. The summed E-state index contributed by atoms with van der Waals surface area (Å²) in [6, 6.07) is 9.81. The number of benzene rings is 1. The first kappa shape index (κ1) is 7.79. The van der Waals surface area contributed by atoms with Gasteiger partial charge in [0.25, 0.3) is 0 Å². The maximum absolute atomic E-state index is 4.40. The fourth-order valence-electron chi connectivity index (χ4n) is 0.829. The molecule has 0 unspecified atom stereocenters. The van der Waals surface area contributed by atoms with Gasteiger partial charge in [0.05, 0.1) is 5.71 Å². The Balaban J connectivity index is 2.85. The van der Waals surface area contributed by atoms with E-state index in [1.54, 1.807) is 0 Å². The van der Waals surface area contributed by atoms with Crippen molar-refractivity contribution in [1.82, 2.24) is 0 Å². The summed E-state index contributed by atoms with van der Waals surface area (Å²) in [6.07, 6.45) is 0. The molecule has 0 aliphatic rings. The second kappa shape index (κ2) is 3.76. The normalized spacial score (nSPS) is 11.3. The van der Waals surface area contributed by atoms with Crippen LogP contribution in [0, 0.1) is 7.11 Å². The molecule has 0 aliphatic heterocycles. The summed E-state index contributed by atoms with van der Waals surface area (Å²) >= 11 is 0. The molecule has 0 atom stereocenters. The number of nitrogens with zero attached hydrogens (tertiary/aromatic N) is 1. The third-order valence-electron chi connectivity index (χ3n) is 1.39. The van der Waals surface area contributed by atoms with E-state index in [9.17, 15) is 0 Å². The van der Waals surface area contributed by atoms with Gasteiger partial charge >= 0.3 is 0 Å². The van der Waals surface area contributed by atoms with Crippen molar-refractivity contribution < 1.29 is 4.84 Å². The van der Waals surface area contributed by atoms with E-state index < -0.39 is 0 Å². The highest BCUT2D eigenvalue weighted by Crippen LogP contribution is 2.00. The summed E-state index contributed by atoms with van der Waals surface area (Å²) in [5, 5.41) is 3.70. The fourth-order valence-corrected chi connectivity index (χ4v) is 0.829. The number of hydrogen-bond acceptors (Lipinski definition) is 2. The summed E-state index contributed by atoms with van der Waals surface area (Å²) in [5.41, 5.74) is 1.89. The van der Waals surface area contributed by atoms with E-state index in [0.29, 0.717) is 0 Å². The molecule has 2 heteroatoms. The SMILES string of the molecule is [CH2]O/N=C(/C)c1ccccc1. The molecule has 11 heavy (non-hydrogen) atoms. The van der Waals surface area contributed by atoms with Gasteiger partial charge in [-0.1, -0.05) is 35.5 Å². The lowest BCUT2D eigenvalue weighted by Gasteiger charge is -1.96. The summed E-state index contributed by atoms with van der Waals surface area (Å²) < 4.78 is 0. The topological polar surface area (TPSA) is 21.6 Å². The molecule has 0 saturated carbocycles. The van der Waals surface area contributed by atoms with Crippen molar-refractivity contribution in [2.24, 2.45) is 5.16 Å². The second-order valence-electron chi connectivity index (χ2n) is 2.17. The van der Waals surface area contributed by atoms with E-state index in [1.165, 1.54) is 0 Å². The highest BCUT2D eigenvalue weighted by Gasteiger charge is 1.93. The van der Waals surface area contributed by atoms with E-state index in [2.05, 4.69) is 17.1 Å². The molecule has 1 aromatic rings. The molecule has 1 radical (unpaired) electrons. The van der Waals surface area contributed by atoms with Gasteiger partial charge in [-0.25, -0.2) is 0 Å². The van der Waals surface area contributed by atoms with Crippen molar-refractivity contribution in [1.29, 1.82) is 0 Å². The average Bonchev–Trinajstić information content (AvgIpc) is 2.07. The molecular weight excluding hydrogens is 138 g/mol. The minimum atomic E-state index is 0.834. The van der Waals surface area contributed by atoms with E-state index >= 15 is 0 Å². The molecule has 0 saturated heterocycles. The summed E-state index contributed by atoms with van der Waals surface area (Å²) in [5.74, 6) is 0. The third kappa shape index (κ3) is 2.08. The van der Waals surface area contributed by atoms with Gasteiger partial charge in [-0.3, -0.25) is 0 Å². The monoisotopic (exact) mass is 148 g/mol. The first-order valence-electron chi connectivity index (χ1n) is 3.36. The minimum Gasteiger partial charge on any atom is -0.392 e. The van der Waals surface area contributed by atoms with E-state index in [0.717, 1.165) is 11.3 Å². The van der Waals surface area contributed by atoms with Crippen LogP contribution < -0.4 is 0 Å². The summed E-state index contributed by atoms with van der Waals surface area (Å²) in [4.78, 5) is 4.40. The fraction of sp³-hybridized carbons (Fsp3) is 0.111. The molecule has 1 aromatic carbocycles. The lowest BCUT2D eigenvalue weighted by atomic mass is 10.1.